The van der Waals surface area contributed by atoms with Gasteiger partial charge in [0, 0.05) is 25.8 Å². The summed E-state index contributed by atoms with van der Waals surface area (Å²) in [6, 6.07) is 0. The fourth-order valence-electron chi connectivity index (χ4n) is 2.70. The monoisotopic (exact) mass is 387 g/mol. The average Bonchev–Trinajstić information content (AvgIpc) is 2.94. The number of sulfonamides is 1. The number of esters is 1. The first kappa shape index (κ1) is 22.2. The second-order valence-corrected chi connectivity index (χ2v) is 8.42. The molecule has 0 aromatic carbocycles. The van der Waals surface area contributed by atoms with E-state index < -0.39 is 16.0 Å². The highest BCUT2D eigenvalue weighted by molar-refractivity contribution is 7.89. The summed E-state index contributed by atoms with van der Waals surface area (Å²) < 4.78 is 29.5. The lowest BCUT2D eigenvalue weighted by Gasteiger charge is -2.15. The van der Waals surface area contributed by atoms with Crippen LogP contribution in [0.3, 0.4) is 0 Å². The lowest BCUT2D eigenvalue weighted by atomic mass is 10.0. The fourth-order valence-corrected chi connectivity index (χ4v) is 3.55. The second kappa shape index (κ2) is 9.72. The quantitative estimate of drug-likeness (QED) is 0.467. The third-order valence-electron chi connectivity index (χ3n) is 4.18. The number of carbonyl (C=O) groups excluding carboxylic acids is 2. The summed E-state index contributed by atoms with van der Waals surface area (Å²) in [5.74, 6) is -0.728. The minimum atomic E-state index is -3.22. The molecule has 148 valence electrons. The Kier molecular flexibility index (Phi) is 8.29. The molecule has 1 heterocycles. The Bertz CT molecular complexity index is 740. The topological polar surface area (TPSA) is 109 Å². The molecule has 2 N–H and O–H groups in total. The Morgan fingerprint density at radius 1 is 1.27 bits per heavy atom. The molecule has 1 rings (SSSR count). The van der Waals surface area contributed by atoms with Gasteiger partial charge in [0.15, 0.2) is 0 Å². The van der Waals surface area contributed by atoms with E-state index in [0.29, 0.717) is 48.4 Å². The summed E-state index contributed by atoms with van der Waals surface area (Å²) in [6.45, 7) is 5.95. The Hall–Kier alpha value is -1.87. The van der Waals surface area contributed by atoms with Gasteiger partial charge in [-0.25, -0.2) is 17.5 Å². The minimum absolute atomic E-state index is 0.0499. The van der Waals surface area contributed by atoms with Gasteiger partial charge in [0.05, 0.1) is 18.4 Å². The Labute approximate surface area is 155 Å². The zero-order valence-corrected chi connectivity index (χ0v) is 17.0. The number of ether oxygens (including phenoxy) is 1. The third-order valence-corrected chi connectivity index (χ3v) is 6.04. The molecule has 9 heteroatoms. The normalized spacial score (nSPS) is 11.6. The molecule has 1 amide bonds. The predicted molar refractivity (Wildman–Crippen MR) is 99.9 cm³/mol. The molecule has 1 aromatic heterocycles. The summed E-state index contributed by atoms with van der Waals surface area (Å²) in [4.78, 5) is 27.5. The summed E-state index contributed by atoms with van der Waals surface area (Å²) >= 11 is 0. The Balaban J connectivity index is 2.77. The van der Waals surface area contributed by atoms with E-state index in [1.54, 1.807) is 13.8 Å². The number of hydrogen-bond donors (Lipinski definition) is 2. The van der Waals surface area contributed by atoms with Crippen molar-refractivity contribution < 1.29 is 22.7 Å². The van der Waals surface area contributed by atoms with Crippen LogP contribution in [0.25, 0.3) is 0 Å². The van der Waals surface area contributed by atoms with E-state index >= 15 is 0 Å². The Morgan fingerprint density at radius 2 is 1.92 bits per heavy atom. The molecule has 0 saturated heterocycles. The van der Waals surface area contributed by atoms with Crippen molar-refractivity contribution in [1.29, 1.82) is 0 Å². The van der Waals surface area contributed by atoms with E-state index in [2.05, 4.69) is 10.3 Å². The van der Waals surface area contributed by atoms with E-state index in [4.69, 9.17) is 4.74 Å². The van der Waals surface area contributed by atoms with Gasteiger partial charge in [0.25, 0.3) is 5.91 Å². The van der Waals surface area contributed by atoms with E-state index in [1.165, 1.54) is 18.5 Å². The van der Waals surface area contributed by atoms with Crippen LogP contribution < -0.4 is 5.32 Å². The maximum atomic E-state index is 12.5. The van der Waals surface area contributed by atoms with Crippen LogP contribution in [0.1, 0.15) is 58.8 Å². The van der Waals surface area contributed by atoms with Crippen molar-refractivity contribution in [2.24, 2.45) is 0 Å². The van der Waals surface area contributed by atoms with Crippen LogP contribution in [-0.2, 0) is 21.2 Å². The number of aryl methyl sites for hydroxylation is 1. The van der Waals surface area contributed by atoms with Crippen molar-refractivity contribution in [3.63, 3.8) is 0 Å². The van der Waals surface area contributed by atoms with Crippen molar-refractivity contribution in [3.8, 4) is 0 Å². The third kappa shape index (κ3) is 5.31. The first-order valence-electron chi connectivity index (χ1n) is 8.71. The summed E-state index contributed by atoms with van der Waals surface area (Å²) in [7, 11) is -0.381. The largest absolute Gasteiger partial charge is 0.465 e. The van der Waals surface area contributed by atoms with Gasteiger partial charge in [-0.05, 0) is 32.3 Å². The molecule has 0 bridgehead atoms. The molecule has 1 aromatic rings. The van der Waals surface area contributed by atoms with Gasteiger partial charge < -0.3 is 15.0 Å². The number of methoxy groups -OCH3 is 1. The number of amides is 1. The zero-order valence-electron chi connectivity index (χ0n) is 16.1. The van der Waals surface area contributed by atoms with E-state index in [-0.39, 0.29) is 11.7 Å². The molecule has 0 aliphatic rings. The van der Waals surface area contributed by atoms with Gasteiger partial charge >= 0.3 is 5.97 Å². The maximum absolute atomic E-state index is 12.5. The standard InChI is InChI=1S/C17H29N3O5S/c1-6-9-13-14(17(22)25-5)12(3)19-15(13)16(21)18-10-8-11-20(4)26(23,24)7-2/h19H,6-11H2,1-5H3,(H,18,21). The average molecular weight is 388 g/mol. The van der Waals surface area contributed by atoms with E-state index in [9.17, 15) is 18.0 Å². The SMILES string of the molecule is CCCc1c(C(=O)NCCCN(C)S(=O)(=O)CC)[nH]c(C)c1C(=O)OC. The maximum Gasteiger partial charge on any atom is 0.339 e. The van der Waals surface area contributed by atoms with Crippen LogP contribution in [-0.4, -0.2) is 62.6 Å². The predicted octanol–water partition coefficient (Wildman–Crippen LogP) is 1.46. The van der Waals surface area contributed by atoms with Crippen LogP contribution in [0, 0.1) is 6.92 Å². The number of rotatable bonds is 10. The van der Waals surface area contributed by atoms with E-state index in [1.807, 2.05) is 6.92 Å². The molecule has 26 heavy (non-hydrogen) atoms. The number of nitrogens with zero attached hydrogens (tertiary/aromatic N) is 1. The summed E-state index contributed by atoms with van der Waals surface area (Å²) in [6.07, 6.45) is 1.85. The van der Waals surface area contributed by atoms with Crippen molar-refractivity contribution >= 4 is 21.9 Å². The van der Waals surface area contributed by atoms with Gasteiger partial charge in [-0.3, -0.25) is 4.79 Å². The highest BCUT2D eigenvalue weighted by atomic mass is 32.2. The van der Waals surface area contributed by atoms with Crippen molar-refractivity contribution in [2.75, 3.05) is 33.0 Å². The van der Waals surface area contributed by atoms with Crippen molar-refractivity contribution in [3.05, 3.63) is 22.5 Å². The van der Waals surface area contributed by atoms with E-state index in [0.717, 1.165) is 6.42 Å². The highest BCUT2D eigenvalue weighted by Crippen LogP contribution is 2.21. The van der Waals surface area contributed by atoms with Crippen LogP contribution in [0.15, 0.2) is 0 Å². The number of aromatic nitrogens is 1. The van der Waals surface area contributed by atoms with Gasteiger partial charge in [-0.2, -0.15) is 0 Å². The minimum Gasteiger partial charge on any atom is -0.465 e. The lowest BCUT2D eigenvalue weighted by Crippen LogP contribution is -2.32. The lowest BCUT2D eigenvalue weighted by molar-refractivity contribution is 0.0599. The number of hydrogen-bond acceptors (Lipinski definition) is 5. The van der Waals surface area contributed by atoms with Crippen LogP contribution >= 0.6 is 0 Å². The molecule has 0 aliphatic carbocycles. The summed E-state index contributed by atoms with van der Waals surface area (Å²) in [5, 5.41) is 2.78. The van der Waals surface area contributed by atoms with Gasteiger partial charge in [0.2, 0.25) is 10.0 Å². The molecule has 8 nitrogen and oxygen atoms in total. The molecule has 0 aliphatic heterocycles. The molecule has 0 unspecified atom stereocenters. The summed E-state index contributed by atoms with van der Waals surface area (Å²) in [5.41, 5.74) is 2.02. The number of aromatic amines is 1. The van der Waals surface area contributed by atoms with Crippen molar-refractivity contribution in [2.45, 2.75) is 40.0 Å². The van der Waals surface area contributed by atoms with Crippen LogP contribution in [0.5, 0.6) is 0 Å². The van der Waals surface area contributed by atoms with Crippen LogP contribution in [0.4, 0.5) is 0 Å². The number of H-pyrrole nitrogens is 1. The number of carbonyl (C=O) groups is 2. The molecule has 0 saturated carbocycles. The Morgan fingerprint density at radius 3 is 2.46 bits per heavy atom. The van der Waals surface area contributed by atoms with Gasteiger partial charge in [0.1, 0.15) is 5.69 Å². The fraction of sp³-hybridized carbons (Fsp3) is 0.647. The second-order valence-electron chi connectivity index (χ2n) is 6.05. The first-order valence-corrected chi connectivity index (χ1v) is 10.3. The van der Waals surface area contributed by atoms with Gasteiger partial charge in [-0.15, -0.1) is 0 Å². The first-order chi connectivity index (χ1) is 12.2. The molecular weight excluding hydrogens is 358 g/mol. The smallest absolute Gasteiger partial charge is 0.339 e. The molecule has 0 radical (unpaired) electrons. The molecule has 0 spiro atoms. The van der Waals surface area contributed by atoms with Crippen LogP contribution in [0.2, 0.25) is 0 Å². The van der Waals surface area contributed by atoms with Crippen molar-refractivity contribution in [1.82, 2.24) is 14.6 Å². The number of nitrogens with one attached hydrogen (secondary N) is 2. The molecular formula is C17H29N3O5S. The van der Waals surface area contributed by atoms with Gasteiger partial charge in [-0.1, -0.05) is 13.3 Å². The molecule has 0 fully saturated rings. The highest BCUT2D eigenvalue weighted by Gasteiger charge is 2.24. The zero-order chi connectivity index (χ0) is 19.9. The molecule has 0 atom stereocenters.